The van der Waals surface area contributed by atoms with Crippen molar-refractivity contribution in [3.63, 3.8) is 0 Å². The third-order valence-electron chi connectivity index (χ3n) is 4.80. The summed E-state index contributed by atoms with van der Waals surface area (Å²) in [5.74, 6) is -0.664. The van der Waals surface area contributed by atoms with Crippen LogP contribution in [0.2, 0.25) is 0 Å². The number of sulfonamides is 1. The van der Waals surface area contributed by atoms with Crippen molar-refractivity contribution in [2.75, 3.05) is 24.9 Å². The van der Waals surface area contributed by atoms with Gasteiger partial charge >= 0.3 is 0 Å². The third-order valence-corrected chi connectivity index (χ3v) is 6.05. The predicted octanol–water partition coefficient (Wildman–Crippen LogP) is 1.52. The highest BCUT2D eigenvalue weighted by atomic mass is 32.2. The van der Waals surface area contributed by atoms with Crippen molar-refractivity contribution in [3.05, 3.63) is 76.2 Å². The molecule has 10 heteroatoms. The first-order valence-corrected chi connectivity index (χ1v) is 11.7. The molecular weight excluding hydrogens is 432 g/mol. The lowest BCUT2D eigenvalue weighted by atomic mass is 10.1. The van der Waals surface area contributed by atoms with Gasteiger partial charge in [0.05, 0.1) is 12.4 Å². The van der Waals surface area contributed by atoms with Crippen LogP contribution >= 0.6 is 0 Å². The van der Waals surface area contributed by atoms with E-state index in [4.69, 9.17) is 4.84 Å². The van der Waals surface area contributed by atoms with Crippen molar-refractivity contribution in [1.82, 2.24) is 15.4 Å². The van der Waals surface area contributed by atoms with Gasteiger partial charge in [-0.05, 0) is 35.4 Å². The Hall–Kier alpha value is -3.21. The smallest absolute Gasteiger partial charge is 0.275 e. The Bertz CT molecular complexity index is 1270. The minimum atomic E-state index is -3.84. The maximum Gasteiger partial charge on any atom is 0.275 e. The summed E-state index contributed by atoms with van der Waals surface area (Å²) in [6.45, 7) is 1.98. The van der Waals surface area contributed by atoms with E-state index >= 15 is 0 Å². The van der Waals surface area contributed by atoms with E-state index in [1.165, 1.54) is 10.6 Å². The van der Waals surface area contributed by atoms with Gasteiger partial charge in [-0.25, -0.2) is 13.9 Å². The van der Waals surface area contributed by atoms with Crippen LogP contribution in [0, 0.1) is 6.92 Å². The molecule has 0 saturated heterocycles. The van der Waals surface area contributed by atoms with Gasteiger partial charge in [-0.3, -0.25) is 14.3 Å². The van der Waals surface area contributed by atoms with E-state index < -0.39 is 15.6 Å². The van der Waals surface area contributed by atoms with E-state index in [2.05, 4.69) is 15.5 Å². The van der Waals surface area contributed by atoms with Gasteiger partial charge in [-0.2, -0.15) is 0 Å². The molecule has 0 radical (unpaired) electrons. The average molecular weight is 459 g/mol. The summed E-state index contributed by atoms with van der Waals surface area (Å²) in [4.78, 5) is 29.9. The van der Waals surface area contributed by atoms with Crippen molar-refractivity contribution in [1.29, 1.82) is 0 Å². The number of hydroxylamine groups is 1. The van der Waals surface area contributed by atoms with Crippen molar-refractivity contribution < 1.29 is 18.0 Å². The quantitative estimate of drug-likeness (QED) is 0.313. The molecule has 1 amide bonds. The Kier molecular flexibility index (Phi) is 7.62. The predicted molar refractivity (Wildman–Crippen MR) is 124 cm³/mol. The van der Waals surface area contributed by atoms with Gasteiger partial charge in [0.2, 0.25) is 15.9 Å². The number of amides is 1. The lowest BCUT2D eigenvalue weighted by molar-refractivity contribution is -0.122. The van der Waals surface area contributed by atoms with Crippen LogP contribution in [0.1, 0.15) is 11.3 Å². The molecule has 0 aliphatic rings. The van der Waals surface area contributed by atoms with Crippen LogP contribution < -0.4 is 21.1 Å². The van der Waals surface area contributed by atoms with E-state index in [1.54, 1.807) is 26.1 Å². The second kappa shape index (κ2) is 10.4. The number of nitrogens with zero attached hydrogens (tertiary/aromatic N) is 1. The zero-order valence-electron chi connectivity index (χ0n) is 17.9. The molecule has 9 nitrogen and oxygen atoms in total. The fraction of sp³-hybridized carbons (Fsp3) is 0.273. The van der Waals surface area contributed by atoms with Crippen molar-refractivity contribution in [2.45, 2.75) is 19.2 Å². The minimum Gasteiger partial charge on any atom is -0.352 e. The first-order valence-electron chi connectivity index (χ1n) is 10.0. The summed E-state index contributed by atoms with van der Waals surface area (Å²) in [7, 11) is -2.24. The molecule has 1 aromatic heterocycles. The first-order chi connectivity index (χ1) is 15.3. The summed E-state index contributed by atoms with van der Waals surface area (Å²) in [6, 6.07) is 16.1. The highest BCUT2D eigenvalue weighted by Gasteiger charge is 2.17. The molecule has 0 unspecified atom stereocenters. The van der Waals surface area contributed by atoms with Gasteiger partial charge in [-0.1, -0.05) is 42.5 Å². The molecule has 0 fully saturated rings. The second-order valence-corrected chi connectivity index (χ2v) is 8.95. The fourth-order valence-electron chi connectivity index (χ4n) is 3.24. The number of aromatic nitrogens is 1. The number of fused-ring (bicyclic) bond motifs is 1. The topological polar surface area (TPSA) is 119 Å². The van der Waals surface area contributed by atoms with Gasteiger partial charge in [-0.15, -0.1) is 0 Å². The molecule has 3 rings (SSSR count). The number of rotatable bonds is 10. The van der Waals surface area contributed by atoms with Gasteiger partial charge < -0.3 is 14.7 Å². The zero-order valence-corrected chi connectivity index (χ0v) is 18.7. The fourth-order valence-corrected chi connectivity index (χ4v) is 4.42. The highest BCUT2D eigenvalue weighted by molar-refractivity contribution is 7.91. The van der Waals surface area contributed by atoms with E-state index in [0.717, 1.165) is 10.8 Å². The summed E-state index contributed by atoms with van der Waals surface area (Å²) in [5, 5.41) is 4.58. The summed E-state index contributed by atoms with van der Waals surface area (Å²) >= 11 is 0. The lowest BCUT2D eigenvalue weighted by Crippen LogP contribution is -2.36. The molecule has 0 atom stereocenters. The van der Waals surface area contributed by atoms with Gasteiger partial charge in [0.15, 0.2) is 0 Å². The van der Waals surface area contributed by atoms with Crippen molar-refractivity contribution in [3.8, 4) is 0 Å². The molecule has 0 aliphatic heterocycles. The number of hydrogen-bond donors (Lipinski definition) is 3. The molecule has 170 valence electrons. The molecule has 0 aliphatic carbocycles. The van der Waals surface area contributed by atoms with Crippen LogP contribution in [0.15, 0.2) is 59.4 Å². The van der Waals surface area contributed by atoms with Crippen molar-refractivity contribution >= 4 is 32.4 Å². The minimum absolute atomic E-state index is 0.109. The van der Waals surface area contributed by atoms with Crippen LogP contribution in [0.3, 0.4) is 0 Å². The molecule has 3 aromatic rings. The summed E-state index contributed by atoms with van der Waals surface area (Å²) < 4.78 is 29.0. The number of hydrogen-bond acceptors (Lipinski definition) is 6. The molecule has 2 aromatic carbocycles. The van der Waals surface area contributed by atoms with Crippen molar-refractivity contribution in [2.24, 2.45) is 0 Å². The van der Waals surface area contributed by atoms with Gasteiger partial charge in [0, 0.05) is 19.3 Å². The number of carbonyl (C=O) groups excluding carboxylic acids is 1. The normalized spacial score (nSPS) is 11.4. The SMILES string of the molecule is CNOCCNC(=O)Cn1c(C)ccc(NS(=O)(=O)Cc2ccc3ccccc3c2)c1=O. The van der Waals surface area contributed by atoms with E-state index in [0.29, 0.717) is 11.3 Å². The maximum absolute atomic E-state index is 12.8. The van der Waals surface area contributed by atoms with Gasteiger partial charge in [0.1, 0.15) is 12.2 Å². The second-order valence-electron chi connectivity index (χ2n) is 7.22. The zero-order chi connectivity index (χ0) is 23.1. The third kappa shape index (κ3) is 6.16. The highest BCUT2D eigenvalue weighted by Crippen LogP contribution is 2.18. The molecule has 1 heterocycles. The number of benzene rings is 2. The summed E-state index contributed by atoms with van der Waals surface area (Å²) in [5.41, 5.74) is 2.93. The number of aryl methyl sites for hydroxylation is 1. The Labute approximate surface area is 186 Å². The van der Waals surface area contributed by atoms with Crippen LogP contribution in [-0.2, 0) is 32.0 Å². The number of nitrogens with one attached hydrogen (secondary N) is 3. The van der Waals surface area contributed by atoms with E-state index in [-0.39, 0.29) is 37.0 Å². The molecule has 3 N–H and O–H groups in total. The first kappa shape index (κ1) is 23.5. The molecule has 0 bridgehead atoms. The molecule has 0 saturated carbocycles. The van der Waals surface area contributed by atoms with Crippen LogP contribution in [0.4, 0.5) is 5.69 Å². The lowest BCUT2D eigenvalue weighted by Gasteiger charge is -2.14. The standard InChI is InChI=1S/C22H26N4O5S/c1-16-7-10-20(22(28)26(16)14-21(27)24-11-12-31-23-2)25-32(29,30)15-17-8-9-18-5-3-4-6-19(18)13-17/h3-10,13,23,25H,11-12,14-15H2,1-2H3,(H,24,27). The Morgan fingerprint density at radius 2 is 1.81 bits per heavy atom. The van der Waals surface area contributed by atoms with Crippen LogP contribution in [0.5, 0.6) is 0 Å². The van der Waals surface area contributed by atoms with E-state index in [9.17, 15) is 18.0 Å². The molecule has 0 spiro atoms. The summed E-state index contributed by atoms with van der Waals surface area (Å²) in [6.07, 6.45) is 0. The number of carbonyl (C=O) groups is 1. The number of anilines is 1. The van der Waals surface area contributed by atoms with E-state index in [1.807, 2.05) is 36.4 Å². The number of pyridine rings is 1. The molecular formula is C22H26N4O5S. The largest absolute Gasteiger partial charge is 0.352 e. The molecule has 32 heavy (non-hydrogen) atoms. The Morgan fingerprint density at radius 3 is 2.56 bits per heavy atom. The maximum atomic E-state index is 12.8. The van der Waals surface area contributed by atoms with Gasteiger partial charge in [0.25, 0.3) is 5.56 Å². The van der Waals surface area contributed by atoms with Crippen LogP contribution in [0.25, 0.3) is 10.8 Å². The Balaban J connectivity index is 1.73. The van der Waals surface area contributed by atoms with Crippen LogP contribution in [-0.4, -0.2) is 39.1 Å². The average Bonchev–Trinajstić information content (AvgIpc) is 2.76. The monoisotopic (exact) mass is 458 g/mol. The Morgan fingerprint density at radius 1 is 1.06 bits per heavy atom.